The Morgan fingerprint density at radius 1 is 1.58 bits per heavy atom. The first-order chi connectivity index (χ1) is 5.67. The van der Waals surface area contributed by atoms with Crippen molar-refractivity contribution in [3.63, 3.8) is 0 Å². The average molecular weight is 168 g/mol. The number of carbonyl (C=O) groups excluding carboxylic acids is 1. The first-order valence-electron chi connectivity index (χ1n) is 4.31. The summed E-state index contributed by atoms with van der Waals surface area (Å²) < 4.78 is 0. The van der Waals surface area contributed by atoms with Crippen LogP contribution in [0.2, 0.25) is 0 Å². The highest BCUT2D eigenvalue weighted by atomic mass is 16.2. The lowest BCUT2D eigenvalue weighted by Gasteiger charge is -2.17. The van der Waals surface area contributed by atoms with Crippen molar-refractivity contribution in [2.45, 2.75) is 26.7 Å². The van der Waals surface area contributed by atoms with Crippen molar-refractivity contribution in [3.8, 4) is 6.07 Å². The van der Waals surface area contributed by atoms with Gasteiger partial charge in [-0.3, -0.25) is 4.79 Å². The van der Waals surface area contributed by atoms with Crippen molar-refractivity contribution in [1.29, 1.82) is 5.26 Å². The lowest BCUT2D eigenvalue weighted by molar-refractivity contribution is -0.132. The molecule has 0 N–H and O–H groups in total. The maximum absolute atomic E-state index is 11.4. The molecule has 0 heterocycles. The fraction of sp³-hybridized carbons (Fsp3) is 0.778. The molecule has 0 bridgehead atoms. The van der Waals surface area contributed by atoms with Gasteiger partial charge in [0.05, 0.1) is 6.07 Å². The molecule has 0 aliphatic carbocycles. The van der Waals surface area contributed by atoms with Crippen LogP contribution in [-0.4, -0.2) is 24.4 Å². The molecule has 3 nitrogen and oxygen atoms in total. The smallest absolute Gasteiger partial charge is 0.239 e. The minimum absolute atomic E-state index is 0.0538. The van der Waals surface area contributed by atoms with Gasteiger partial charge in [0.25, 0.3) is 0 Å². The fourth-order valence-electron chi connectivity index (χ4n) is 0.954. The monoisotopic (exact) mass is 168 g/mol. The van der Waals surface area contributed by atoms with Gasteiger partial charge in [0.2, 0.25) is 5.91 Å². The lowest BCUT2D eigenvalue weighted by atomic mass is 10.0. The van der Waals surface area contributed by atoms with Crippen molar-refractivity contribution in [2.24, 2.45) is 5.92 Å². The fourth-order valence-corrected chi connectivity index (χ4v) is 0.954. The predicted molar refractivity (Wildman–Crippen MR) is 47.3 cm³/mol. The Hall–Kier alpha value is -1.04. The number of amides is 1. The van der Waals surface area contributed by atoms with Gasteiger partial charge in [-0.05, 0) is 13.3 Å². The highest BCUT2D eigenvalue weighted by molar-refractivity contribution is 5.80. The van der Waals surface area contributed by atoms with Crippen molar-refractivity contribution in [1.82, 2.24) is 4.90 Å². The van der Waals surface area contributed by atoms with Crippen molar-refractivity contribution in [2.75, 3.05) is 13.6 Å². The first-order valence-corrected chi connectivity index (χ1v) is 4.31. The van der Waals surface area contributed by atoms with Crippen LogP contribution in [0, 0.1) is 17.2 Å². The van der Waals surface area contributed by atoms with Crippen LogP contribution in [0.5, 0.6) is 0 Å². The van der Waals surface area contributed by atoms with E-state index in [1.807, 2.05) is 19.9 Å². The van der Waals surface area contributed by atoms with Crippen LogP contribution in [0.15, 0.2) is 0 Å². The summed E-state index contributed by atoms with van der Waals surface area (Å²) in [5.74, 6) is -0.498. The summed E-state index contributed by atoms with van der Waals surface area (Å²) >= 11 is 0. The number of nitriles is 1. The Morgan fingerprint density at radius 2 is 2.17 bits per heavy atom. The van der Waals surface area contributed by atoms with E-state index in [-0.39, 0.29) is 5.91 Å². The summed E-state index contributed by atoms with van der Waals surface area (Å²) in [4.78, 5) is 13.0. The average Bonchev–Trinajstić information content (AvgIpc) is 2.11. The Kier molecular flexibility index (Phi) is 5.11. The summed E-state index contributed by atoms with van der Waals surface area (Å²) in [7, 11) is 1.72. The van der Waals surface area contributed by atoms with E-state index in [2.05, 4.69) is 0 Å². The maximum Gasteiger partial charge on any atom is 0.239 e. The minimum atomic E-state index is -0.444. The SMILES string of the molecule is CCCC(C#N)C(=O)N(C)CC. The molecule has 0 spiro atoms. The summed E-state index contributed by atoms with van der Waals surface area (Å²) in [5, 5.41) is 8.67. The van der Waals surface area contributed by atoms with Gasteiger partial charge in [-0.2, -0.15) is 5.26 Å². The second-order valence-corrected chi connectivity index (χ2v) is 2.82. The van der Waals surface area contributed by atoms with Crippen molar-refractivity contribution < 1.29 is 4.79 Å². The van der Waals surface area contributed by atoms with E-state index < -0.39 is 5.92 Å². The molecular formula is C9H16N2O. The molecule has 0 saturated carbocycles. The summed E-state index contributed by atoms with van der Waals surface area (Å²) in [6, 6.07) is 2.03. The third-order valence-corrected chi connectivity index (χ3v) is 1.88. The van der Waals surface area contributed by atoms with E-state index in [0.29, 0.717) is 13.0 Å². The third kappa shape index (κ3) is 2.91. The van der Waals surface area contributed by atoms with Gasteiger partial charge in [0.15, 0.2) is 0 Å². The van der Waals surface area contributed by atoms with E-state index >= 15 is 0 Å². The van der Waals surface area contributed by atoms with Crippen molar-refractivity contribution >= 4 is 5.91 Å². The molecule has 0 rings (SSSR count). The molecule has 0 aromatic rings. The molecule has 1 atom stereocenters. The van der Waals surface area contributed by atoms with Crippen molar-refractivity contribution in [3.05, 3.63) is 0 Å². The molecule has 1 unspecified atom stereocenters. The highest BCUT2D eigenvalue weighted by Gasteiger charge is 2.19. The second kappa shape index (κ2) is 5.59. The Balaban J connectivity index is 4.14. The van der Waals surface area contributed by atoms with E-state index in [9.17, 15) is 4.79 Å². The van der Waals surface area contributed by atoms with Crippen LogP contribution in [0.25, 0.3) is 0 Å². The highest BCUT2D eigenvalue weighted by Crippen LogP contribution is 2.07. The molecule has 68 valence electrons. The molecule has 0 aliphatic heterocycles. The molecule has 3 heteroatoms. The number of hydrogen-bond acceptors (Lipinski definition) is 2. The van der Waals surface area contributed by atoms with Crippen LogP contribution in [0.3, 0.4) is 0 Å². The zero-order chi connectivity index (χ0) is 9.56. The number of nitrogens with zero attached hydrogens (tertiary/aromatic N) is 2. The normalized spacial score (nSPS) is 11.8. The van der Waals surface area contributed by atoms with Gasteiger partial charge in [-0.1, -0.05) is 13.3 Å². The molecule has 1 amide bonds. The lowest BCUT2D eigenvalue weighted by Crippen LogP contribution is -2.32. The van der Waals surface area contributed by atoms with Crippen LogP contribution in [0.1, 0.15) is 26.7 Å². The molecule has 0 aliphatic rings. The zero-order valence-corrected chi connectivity index (χ0v) is 8.00. The van der Waals surface area contributed by atoms with Gasteiger partial charge in [-0.15, -0.1) is 0 Å². The Labute approximate surface area is 74.0 Å². The summed E-state index contributed by atoms with van der Waals surface area (Å²) in [6.07, 6.45) is 1.54. The van der Waals surface area contributed by atoms with Gasteiger partial charge >= 0.3 is 0 Å². The minimum Gasteiger partial charge on any atom is -0.345 e. The number of carbonyl (C=O) groups is 1. The molecule has 12 heavy (non-hydrogen) atoms. The van der Waals surface area contributed by atoms with Crippen LogP contribution >= 0.6 is 0 Å². The van der Waals surface area contributed by atoms with E-state index in [1.165, 1.54) is 0 Å². The standard InChI is InChI=1S/C9H16N2O/c1-4-6-8(7-10)9(12)11(3)5-2/h8H,4-6H2,1-3H3. The molecule has 0 aromatic carbocycles. The zero-order valence-electron chi connectivity index (χ0n) is 8.00. The molecular weight excluding hydrogens is 152 g/mol. The number of rotatable bonds is 4. The predicted octanol–water partition coefficient (Wildman–Crippen LogP) is 1.40. The van der Waals surface area contributed by atoms with Gasteiger partial charge in [0.1, 0.15) is 5.92 Å². The molecule has 0 aromatic heterocycles. The Bertz CT molecular complexity index is 183. The van der Waals surface area contributed by atoms with E-state index in [1.54, 1.807) is 11.9 Å². The largest absolute Gasteiger partial charge is 0.345 e. The summed E-state index contributed by atoms with van der Waals surface area (Å²) in [5.41, 5.74) is 0. The van der Waals surface area contributed by atoms with Crippen LogP contribution < -0.4 is 0 Å². The van der Waals surface area contributed by atoms with E-state index in [0.717, 1.165) is 6.42 Å². The maximum atomic E-state index is 11.4. The molecule has 0 fully saturated rings. The topological polar surface area (TPSA) is 44.1 Å². The summed E-state index contributed by atoms with van der Waals surface area (Å²) in [6.45, 7) is 4.54. The van der Waals surface area contributed by atoms with Crippen LogP contribution in [0.4, 0.5) is 0 Å². The molecule has 0 saturated heterocycles. The number of hydrogen-bond donors (Lipinski definition) is 0. The van der Waals surface area contributed by atoms with Gasteiger partial charge in [-0.25, -0.2) is 0 Å². The van der Waals surface area contributed by atoms with E-state index in [4.69, 9.17) is 5.26 Å². The Morgan fingerprint density at radius 3 is 2.50 bits per heavy atom. The van der Waals surface area contributed by atoms with Gasteiger partial charge < -0.3 is 4.90 Å². The second-order valence-electron chi connectivity index (χ2n) is 2.82. The molecule has 0 radical (unpaired) electrons. The van der Waals surface area contributed by atoms with Gasteiger partial charge in [0, 0.05) is 13.6 Å². The first kappa shape index (κ1) is 11.0. The third-order valence-electron chi connectivity index (χ3n) is 1.88. The van der Waals surface area contributed by atoms with Crippen LogP contribution in [-0.2, 0) is 4.79 Å². The quantitative estimate of drug-likeness (QED) is 0.637.